The highest BCUT2D eigenvalue weighted by Crippen LogP contribution is 2.29. The normalized spacial score (nSPS) is 10.4. The van der Waals surface area contributed by atoms with Crippen LogP contribution in [0.3, 0.4) is 0 Å². The van der Waals surface area contributed by atoms with Crippen molar-refractivity contribution < 1.29 is 9.59 Å². The van der Waals surface area contributed by atoms with E-state index in [9.17, 15) is 9.59 Å². The summed E-state index contributed by atoms with van der Waals surface area (Å²) < 4.78 is 0. The Labute approximate surface area is 156 Å². The monoisotopic (exact) mass is 364 g/mol. The number of rotatable bonds is 5. The molecule has 0 unspecified atom stereocenters. The highest BCUT2D eigenvalue weighted by atomic mass is 32.1. The number of thiophene rings is 1. The van der Waals surface area contributed by atoms with Gasteiger partial charge in [0.05, 0.1) is 4.88 Å². The Kier molecular flexibility index (Phi) is 5.49. The van der Waals surface area contributed by atoms with Crippen LogP contribution in [-0.4, -0.2) is 18.4 Å². The van der Waals surface area contributed by atoms with Gasteiger partial charge in [-0.1, -0.05) is 29.8 Å². The number of anilines is 1. The number of carbonyl (C=O) groups excluding carboxylic acids is 2. The fourth-order valence-corrected chi connectivity index (χ4v) is 3.41. The Balaban J connectivity index is 1.76. The lowest BCUT2D eigenvalue weighted by Gasteiger charge is -2.08. The summed E-state index contributed by atoms with van der Waals surface area (Å²) >= 11 is 1.41. The highest BCUT2D eigenvalue weighted by Gasteiger charge is 2.15. The SMILES string of the molecule is CCNC(=O)c1ccc(NC(=O)c2sccc2-c2ccc(C)cc2)cc1. The summed E-state index contributed by atoms with van der Waals surface area (Å²) in [6.45, 7) is 4.49. The van der Waals surface area contributed by atoms with E-state index in [1.165, 1.54) is 16.9 Å². The third-order valence-electron chi connectivity index (χ3n) is 3.98. The Hall–Kier alpha value is -2.92. The molecule has 0 aliphatic heterocycles. The first kappa shape index (κ1) is 17.9. The summed E-state index contributed by atoms with van der Waals surface area (Å²) in [6, 6.07) is 17.0. The molecule has 3 rings (SSSR count). The number of benzene rings is 2. The van der Waals surface area contributed by atoms with Gasteiger partial charge in [0.15, 0.2) is 0 Å². The Morgan fingerprint density at radius 3 is 2.27 bits per heavy atom. The average molecular weight is 364 g/mol. The molecule has 2 aromatic carbocycles. The standard InChI is InChI=1S/C21H20N2O2S/c1-3-22-20(24)16-8-10-17(11-9-16)23-21(25)19-18(12-13-26-19)15-6-4-14(2)5-7-15/h4-13H,3H2,1-2H3,(H,22,24)(H,23,25). The van der Waals surface area contributed by atoms with Gasteiger partial charge in [0.1, 0.15) is 0 Å². The molecule has 4 nitrogen and oxygen atoms in total. The number of carbonyl (C=O) groups is 2. The summed E-state index contributed by atoms with van der Waals surface area (Å²) in [6.07, 6.45) is 0. The lowest BCUT2D eigenvalue weighted by Crippen LogP contribution is -2.22. The average Bonchev–Trinajstić information content (AvgIpc) is 3.13. The van der Waals surface area contributed by atoms with E-state index in [1.807, 2.05) is 49.6 Å². The zero-order chi connectivity index (χ0) is 18.5. The predicted octanol–water partition coefficient (Wildman–Crippen LogP) is 4.73. The molecule has 3 aromatic rings. The van der Waals surface area contributed by atoms with Crippen molar-refractivity contribution in [2.45, 2.75) is 13.8 Å². The van der Waals surface area contributed by atoms with Crippen LogP contribution in [0, 0.1) is 6.92 Å². The van der Waals surface area contributed by atoms with Crippen molar-refractivity contribution in [1.82, 2.24) is 5.32 Å². The van der Waals surface area contributed by atoms with Crippen molar-refractivity contribution in [2.24, 2.45) is 0 Å². The molecule has 0 saturated heterocycles. The van der Waals surface area contributed by atoms with E-state index in [4.69, 9.17) is 0 Å². The zero-order valence-electron chi connectivity index (χ0n) is 14.7. The molecule has 1 heterocycles. The van der Waals surface area contributed by atoms with Crippen molar-refractivity contribution in [3.05, 3.63) is 76.0 Å². The van der Waals surface area contributed by atoms with Crippen molar-refractivity contribution in [1.29, 1.82) is 0 Å². The second-order valence-electron chi connectivity index (χ2n) is 5.92. The molecule has 5 heteroatoms. The van der Waals surface area contributed by atoms with Crippen LogP contribution in [0.5, 0.6) is 0 Å². The Morgan fingerprint density at radius 1 is 0.923 bits per heavy atom. The fourth-order valence-electron chi connectivity index (χ4n) is 2.60. The van der Waals surface area contributed by atoms with Crippen molar-refractivity contribution in [3.63, 3.8) is 0 Å². The van der Waals surface area contributed by atoms with Crippen molar-refractivity contribution >= 4 is 28.8 Å². The number of aryl methyl sites for hydroxylation is 1. The van der Waals surface area contributed by atoms with Crippen LogP contribution in [0.2, 0.25) is 0 Å². The molecule has 0 aliphatic carbocycles. The first-order valence-electron chi connectivity index (χ1n) is 8.42. The van der Waals surface area contributed by atoms with Crippen LogP contribution in [-0.2, 0) is 0 Å². The first-order valence-corrected chi connectivity index (χ1v) is 9.30. The second kappa shape index (κ2) is 7.97. The number of amides is 2. The molecule has 0 spiro atoms. The Bertz CT molecular complexity index is 912. The molecular weight excluding hydrogens is 344 g/mol. The largest absolute Gasteiger partial charge is 0.352 e. The fraction of sp³-hybridized carbons (Fsp3) is 0.143. The van der Waals surface area contributed by atoms with E-state index >= 15 is 0 Å². The molecule has 2 amide bonds. The molecule has 1 aromatic heterocycles. The number of hydrogen-bond acceptors (Lipinski definition) is 3. The van der Waals surface area contributed by atoms with E-state index in [-0.39, 0.29) is 11.8 Å². The summed E-state index contributed by atoms with van der Waals surface area (Å²) in [5.41, 5.74) is 4.36. The molecule has 0 bridgehead atoms. The van der Waals surface area contributed by atoms with Gasteiger partial charge in [0, 0.05) is 23.4 Å². The molecule has 26 heavy (non-hydrogen) atoms. The van der Waals surface area contributed by atoms with Crippen molar-refractivity contribution in [3.8, 4) is 11.1 Å². The van der Waals surface area contributed by atoms with Crippen LogP contribution >= 0.6 is 11.3 Å². The minimum absolute atomic E-state index is 0.120. The zero-order valence-corrected chi connectivity index (χ0v) is 15.5. The summed E-state index contributed by atoms with van der Waals surface area (Å²) in [5, 5.41) is 7.57. The number of hydrogen-bond donors (Lipinski definition) is 2. The molecule has 132 valence electrons. The molecule has 0 saturated carbocycles. The second-order valence-corrected chi connectivity index (χ2v) is 6.84. The van der Waals surface area contributed by atoms with Gasteiger partial charge in [-0.05, 0) is 55.1 Å². The minimum atomic E-state index is -0.152. The molecule has 0 radical (unpaired) electrons. The quantitative estimate of drug-likeness (QED) is 0.688. The lowest BCUT2D eigenvalue weighted by molar-refractivity contribution is 0.0955. The van der Waals surface area contributed by atoms with E-state index < -0.39 is 0 Å². The smallest absolute Gasteiger partial charge is 0.266 e. The van der Waals surface area contributed by atoms with E-state index in [0.717, 1.165) is 11.1 Å². The van der Waals surface area contributed by atoms with Gasteiger partial charge < -0.3 is 10.6 Å². The van der Waals surface area contributed by atoms with Crippen LogP contribution < -0.4 is 10.6 Å². The van der Waals surface area contributed by atoms with Gasteiger partial charge in [-0.2, -0.15) is 0 Å². The number of nitrogens with one attached hydrogen (secondary N) is 2. The third-order valence-corrected chi connectivity index (χ3v) is 4.89. The van der Waals surface area contributed by atoms with Gasteiger partial charge in [0.25, 0.3) is 11.8 Å². The van der Waals surface area contributed by atoms with Crippen LogP contribution in [0.15, 0.2) is 60.0 Å². The Morgan fingerprint density at radius 2 is 1.62 bits per heavy atom. The third kappa shape index (κ3) is 4.00. The van der Waals surface area contributed by atoms with Crippen LogP contribution in [0.4, 0.5) is 5.69 Å². The maximum Gasteiger partial charge on any atom is 0.266 e. The van der Waals surface area contributed by atoms with E-state index in [0.29, 0.717) is 22.7 Å². The van der Waals surface area contributed by atoms with Crippen LogP contribution in [0.25, 0.3) is 11.1 Å². The van der Waals surface area contributed by atoms with Gasteiger partial charge in [-0.15, -0.1) is 11.3 Å². The highest BCUT2D eigenvalue weighted by molar-refractivity contribution is 7.12. The maximum atomic E-state index is 12.7. The topological polar surface area (TPSA) is 58.2 Å². The first-order chi connectivity index (χ1) is 12.6. The molecule has 2 N–H and O–H groups in total. The summed E-state index contributed by atoms with van der Waals surface area (Å²) in [4.78, 5) is 25.1. The van der Waals surface area contributed by atoms with Gasteiger partial charge >= 0.3 is 0 Å². The molecule has 0 aliphatic rings. The van der Waals surface area contributed by atoms with E-state index in [2.05, 4.69) is 10.6 Å². The summed E-state index contributed by atoms with van der Waals surface area (Å²) in [5.74, 6) is -0.272. The maximum absolute atomic E-state index is 12.7. The van der Waals surface area contributed by atoms with E-state index in [1.54, 1.807) is 24.3 Å². The van der Waals surface area contributed by atoms with Crippen LogP contribution in [0.1, 0.15) is 32.5 Å². The van der Waals surface area contributed by atoms with Gasteiger partial charge in [0.2, 0.25) is 0 Å². The lowest BCUT2D eigenvalue weighted by atomic mass is 10.0. The molecule has 0 fully saturated rings. The van der Waals surface area contributed by atoms with Gasteiger partial charge in [-0.25, -0.2) is 0 Å². The van der Waals surface area contributed by atoms with Gasteiger partial charge in [-0.3, -0.25) is 9.59 Å². The molecule has 0 atom stereocenters. The summed E-state index contributed by atoms with van der Waals surface area (Å²) in [7, 11) is 0. The predicted molar refractivity (Wildman–Crippen MR) is 107 cm³/mol. The minimum Gasteiger partial charge on any atom is -0.352 e. The van der Waals surface area contributed by atoms with Crippen molar-refractivity contribution in [2.75, 3.05) is 11.9 Å². The molecular formula is C21H20N2O2S.